The second-order valence-electron chi connectivity index (χ2n) is 9.32. The normalized spacial score (nSPS) is 22.5. The van der Waals surface area contributed by atoms with E-state index >= 15 is 0 Å². The average Bonchev–Trinajstić information content (AvgIpc) is 3.04. The number of hydrogen-bond donors (Lipinski definition) is 0. The number of aliphatic imine (C=N–C) groups is 1. The summed E-state index contributed by atoms with van der Waals surface area (Å²) in [6.07, 6.45) is 11.4. The van der Waals surface area contributed by atoms with Crippen LogP contribution in [0, 0.1) is 6.92 Å². The Morgan fingerprint density at radius 3 is 2.66 bits per heavy atom. The van der Waals surface area contributed by atoms with Gasteiger partial charge in [-0.05, 0) is 87.4 Å². The van der Waals surface area contributed by atoms with Crippen LogP contribution in [0.4, 0.5) is 4.39 Å². The third-order valence-electron chi connectivity index (χ3n) is 7.05. The Morgan fingerprint density at radius 1 is 1.28 bits per heavy atom. The maximum Gasteiger partial charge on any atom is 0.121 e. The van der Waals surface area contributed by atoms with E-state index < -0.39 is 0 Å². The molecule has 2 unspecified atom stereocenters. The molecule has 0 aliphatic heterocycles. The zero-order valence-electron chi connectivity index (χ0n) is 18.4. The van der Waals surface area contributed by atoms with Gasteiger partial charge in [0.15, 0.2) is 0 Å². The lowest BCUT2D eigenvalue weighted by atomic mass is 9.68. The van der Waals surface area contributed by atoms with E-state index in [0.29, 0.717) is 12.5 Å². The van der Waals surface area contributed by atoms with Crippen LogP contribution >= 0.6 is 0 Å². The van der Waals surface area contributed by atoms with Gasteiger partial charge in [0.1, 0.15) is 5.83 Å². The van der Waals surface area contributed by atoms with Crippen molar-refractivity contribution in [3.05, 3.63) is 58.6 Å². The predicted molar refractivity (Wildman–Crippen MR) is 122 cm³/mol. The smallest absolute Gasteiger partial charge is 0.121 e. The fraction of sp³-hybridized carbons (Fsp3) is 0.500. The van der Waals surface area contributed by atoms with Gasteiger partial charge in [0.25, 0.3) is 0 Å². The van der Waals surface area contributed by atoms with Crippen LogP contribution in [0.25, 0.3) is 10.9 Å². The highest BCUT2D eigenvalue weighted by atomic mass is 19.1. The van der Waals surface area contributed by atoms with Gasteiger partial charge in [-0.1, -0.05) is 26.3 Å². The summed E-state index contributed by atoms with van der Waals surface area (Å²) in [7, 11) is 0. The summed E-state index contributed by atoms with van der Waals surface area (Å²) in [5.41, 5.74) is 6.06. The molecule has 0 radical (unpaired) electrons. The number of hydrogen-bond acceptors (Lipinski definition) is 1. The third kappa shape index (κ3) is 3.60. The molecule has 2 aromatic rings. The molecule has 1 aromatic heterocycles. The molecule has 2 nitrogen and oxygen atoms in total. The molecule has 154 valence electrons. The van der Waals surface area contributed by atoms with Crippen molar-refractivity contribution >= 4 is 17.1 Å². The Balaban J connectivity index is 1.88. The van der Waals surface area contributed by atoms with Crippen molar-refractivity contribution in [2.45, 2.75) is 84.2 Å². The number of halogens is 1. The zero-order valence-corrected chi connectivity index (χ0v) is 18.4. The highest BCUT2D eigenvalue weighted by Gasteiger charge is 2.38. The van der Waals surface area contributed by atoms with Crippen molar-refractivity contribution in [2.75, 3.05) is 0 Å². The number of allylic oxidation sites excluding steroid dienone is 4. The molecule has 0 saturated heterocycles. The van der Waals surface area contributed by atoms with Gasteiger partial charge >= 0.3 is 0 Å². The van der Waals surface area contributed by atoms with Gasteiger partial charge in [-0.15, -0.1) is 0 Å². The topological polar surface area (TPSA) is 17.3 Å². The minimum atomic E-state index is -0.0775. The lowest BCUT2D eigenvalue weighted by molar-refractivity contribution is 0.254. The molecule has 2 aliphatic rings. The van der Waals surface area contributed by atoms with E-state index in [4.69, 9.17) is 4.99 Å². The highest BCUT2D eigenvalue weighted by Crippen LogP contribution is 2.47. The fourth-order valence-corrected chi connectivity index (χ4v) is 4.64. The Morgan fingerprint density at radius 2 is 2.03 bits per heavy atom. The van der Waals surface area contributed by atoms with Gasteiger partial charge in [0, 0.05) is 34.3 Å². The number of nitrogens with zero attached hydrogens (tertiary/aromatic N) is 2. The maximum atomic E-state index is 14.0. The Kier molecular flexibility index (Phi) is 5.27. The fourth-order valence-electron chi connectivity index (χ4n) is 4.64. The quantitative estimate of drug-likeness (QED) is 0.473. The van der Waals surface area contributed by atoms with E-state index in [1.54, 1.807) is 6.08 Å². The molecule has 2 atom stereocenters. The molecular weight excluding hydrogens is 359 g/mol. The van der Waals surface area contributed by atoms with E-state index in [1.807, 2.05) is 13.1 Å². The van der Waals surface area contributed by atoms with Gasteiger partial charge in [-0.3, -0.25) is 4.99 Å². The van der Waals surface area contributed by atoms with Gasteiger partial charge in [0.05, 0.1) is 6.04 Å². The van der Waals surface area contributed by atoms with Crippen molar-refractivity contribution in [3.63, 3.8) is 0 Å². The Hall–Kier alpha value is -2.16. The summed E-state index contributed by atoms with van der Waals surface area (Å²) in [6, 6.07) is 7.47. The lowest BCUT2D eigenvalue weighted by Crippen LogP contribution is -2.33. The first-order valence-corrected chi connectivity index (χ1v) is 11.1. The van der Waals surface area contributed by atoms with Crippen molar-refractivity contribution in [1.29, 1.82) is 0 Å². The standard InChI is InChI=1S/C26H33FN2/c1-6-19(4)28-16-21-14-24-20(12-17(21)2)15-25(26(5)10-7-11-26)29(24)22-8-9-23(27)18(3)13-22/h9,12-16,19,22H,6-8,10-11H2,1-5H3/b28-16-. The van der Waals surface area contributed by atoms with Gasteiger partial charge < -0.3 is 4.57 Å². The zero-order chi connectivity index (χ0) is 20.8. The maximum absolute atomic E-state index is 14.0. The molecule has 0 spiro atoms. The predicted octanol–water partition coefficient (Wildman–Crippen LogP) is 7.35. The molecule has 0 amide bonds. The molecule has 2 aliphatic carbocycles. The van der Waals surface area contributed by atoms with E-state index in [-0.39, 0.29) is 17.3 Å². The summed E-state index contributed by atoms with van der Waals surface area (Å²) < 4.78 is 16.5. The number of fused-ring (bicyclic) bond motifs is 1. The van der Waals surface area contributed by atoms with Crippen LogP contribution in [-0.4, -0.2) is 16.8 Å². The van der Waals surface area contributed by atoms with E-state index in [2.05, 4.69) is 56.5 Å². The van der Waals surface area contributed by atoms with Crippen LogP contribution in [0.3, 0.4) is 0 Å². The summed E-state index contributed by atoms with van der Waals surface area (Å²) >= 11 is 0. The van der Waals surface area contributed by atoms with Crippen LogP contribution in [-0.2, 0) is 5.41 Å². The monoisotopic (exact) mass is 392 g/mol. The lowest BCUT2D eigenvalue weighted by Gasteiger charge is -2.40. The Bertz CT molecular complexity index is 1020. The number of benzene rings is 1. The summed E-state index contributed by atoms with van der Waals surface area (Å²) in [6.45, 7) is 10.7. The summed E-state index contributed by atoms with van der Waals surface area (Å²) in [4.78, 5) is 4.72. The summed E-state index contributed by atoms with van der Waals surface area (Å²) in [5, 5.41) is 1.28. The second-order valence-corrected chi connectivity index (χ2v) is 9.32. The minimum Gasteiger partial charge on any atom is -0.337 e. The van der Waals surface area contributed by atoms with Crippen LogP contribution in [0.1, 0.15) is 82.7 Å². The largest absolute Gasteiger partial charge is 0.337 e. The van der Waals surface area contributed by atoms with Crippen molar-refractivity contribution in [3.8, 4) is 0 Å². The first kappa shape index (κ1) is 20.1. The molecule has 1 fully saturated rings. The molecule has 29 heavy (non-hydrogen) atoms. The van der Waals surface area contributed by atoms with Gasteiger partial charge in [0.2, 0.25) is 0 Å². The number of rotatable bonds is 5. The van der Waals surface area contributed by atoms with E-state index in [1.165, 1.54) is 47.0 Å². The summed E-state index contributed by atoms with van der Waals surface area (Å²) in [5.74, 6) is -0.0775. The molecule has 0 N–H and O–H groups in total. The molecular formula is C26H33FN2. The van der Waals surface area contributed by atoms with Gasteiger partial charge in [-0.2, -0.15) is 0 Å². The SMILES string of the molecule is CCC(C)/N=C\c1cc2c(cc1C)cc(C1(C)CCC1)n2C1C=C(C)C(F)=CC1. The van der Waals surface area contributed by atoms with Crippen LogP contribution < -0.4 is 0 Å². The minimum absolute atomic E-state index is 0.0775. The van der Waals surface area contributed by atoms with Crippen LogP contribution in [0.15, 0.2) is 46.7 Å². The number of aromatic nitrogens is 1. The van der Waals surface area contributed by atoms with E-state index in [0.717, 1.165) is 12.0 Å². The molecule has 1 heterocycles. The third-order valence-corrected chi connectivity index (χ3v) is 7.05. The number of aryl methyl sites for hydroxylation is 1. The van der Waals surface area contributed by atoms with Crippen LogP contribution in [0.2, 0.25) is 0 Å². The van der Waals surface area contributed by atoms with Crippen molar-refractivity contribution < 1.29 is 4.39 Å². The molecule has 4 rings (SSSR count). The van der Waals surface area contributed by atoms with Crippen molar-refractivity contribution in [1.82, 2.24) is 4.57 Å². The van der Waals surface area contributed by atoms with Gasteiger partial charge in [-0.25, -0.2) is 4.39 Å². The Labute approximate surface area is 174 Å². The molecule has 1 saturated carbocycles. The van der Waals surface area contributed by atoms with E-state index in [9.17, 15) is 4.39 Å². The molecule has 3 heteroatoms. The molecule has 0 bridgehead atoms. The first-order chi connectivity index (χ1) is 13.8. The molecule has 1 aromatic carbocycles. The first-order valence-electron chi connectivity index (χ1n) is 11.1. The average molecular weight is 393 g/mol. The van der Waals surface area contributed by atoms with Crippen LogP contribution in [0.5, 0.6) is 0 Å². The second kappa shape index (κ2) is 7.59. The highest BCUT2D eigenvalue weighted by molar-refractivity contribution is 5.92. The van der Waals surface area contributed by atoms with Crippen molar-refractivity contribution in [2.24, 2.45) is 4.99 Å².